The maximum absolute atomic E-state index is 10.8. The van der Waals surface area contributed by atoms with Crippen molar-refractivity contribution in [3.8, 4) is 0 Å². The highest BCUT2D eigenvalue weighted by Gasteiger charge is 2.01. The average Bonchev–Trinajstić information content (AvgIpc) is 2.08. The van der Waals surface area contributed by atoms with Crippen LogP contribution in [0.1, 0.15) is 17.3 Å². The molecule has 1 aromatic carbocycles. The number of Topliss-reactive ketones (excluding diaryl/α,β-unsaturated/α-hetero) is 1. The first kappa shape index (κ1) is 11.1. The molecule has 0 N–H and O–H groups in total. The molecular formula is C10H11BrO. The van der Waals surface area contributed by atoms with Crippen molar-refractivity contribution in [3.63, 3.8) is 0 Å². The summed E-state index contributed by atoms with van der Waals surface area (Å²) in [5.74, 6) is 0.0903. The summed E-state index contributed by atoms with van der Waals surface area (Å²) >= 11 is 3.28. The van der Waals surface area contributed by atoms with Gasteiger partial charge in [0.1, 0.15) is 0 Å². The quantitative estimate of drug-likeness (QED) is 0.530. The Balaban J connectivity index is 0.000000561. The third kappa shape index (κ3) is 3.01. The minimum Gasteiger partial charge on any atom is -0.294 e. The van der Waals surface area contributed by atoms with E-state index in [-0.39, 0.29) is 5.78 Å². The highest BCUT2D eigenvalue weighted by molar-refractivity contribution is 9.10. The van der Waals surface area contributed by atoms with Crippen LogP contribution in [0.2, 0.25) is 0 Å². The molecule has 0 aliphatic heterocycles. The molecule has 0 aliphatic carbocycles. The Hall–Kier alpha value is -0.890. The Morgan fingerprint density at radius 3 is 2.17 bits per heavy atom. The number of ketones is 1. The molecule has 0 saturated carbocycles. The summed E-state index contributed by atoms with van der Waals surface area (Å²) in [6, 6.07) is 7.39. The van der Waals surface area contributed by atoms with Gasteiger partial charge in [0, 0.05) is 10.0 Å². The first-order valence-electron chi connectivity index (χ1n) is 3.47. The molecule has 12 heavy (non-hydrogen) atoms. The summed E-state index contributed by atoms with van der Waals surface area (Å²) < 4.78 is 0.863. The zero-order valence-corrected chi connectivity index (χ0v) is 8.60. The monoisotopic (exact) mass is 226 g/mol. The second-order valence-corrected chi connectivity index (χ2v) is 2.89. The number of hydrogen-bond donors (Lipinski definition) is 0. The van der Waals surface area contributed by atoms with Crippen molar-refractivity contribution < 1.29 is 4.79 Å². The Morgan fingerprint density at radius 2 is 1.83 bits per heavy atom. The smallest absolute Gasteiger partial charge is 0.160 e. The SMILES string of the molecule is C=C.CC(=O)c1ccccc1Br. The predicted octanol–water partition coefficient (Wildman–Crippen LogP) is 3.45. The Morgan fingerprint density at radius 1 is 1.33 bits per heavy atom. The lowest BCUT2D eigenvalue weighted by Crippen LogP contribution is -1.91. The van der Waals surface area contributed by atoms with Crippen LogP contribution in [-0.4, -0.2) is 5.78 Å². The van der Waals surface area contributed by atoms with Gasteiger partial charge in [-0.15, -0.1) is 13.2 Å². The summed E-state index contributed by atoms with van der Waals surface area (Å²) in [5.41, 5.74) is 0.738. The fourth-order valence-corrected chi connectivity index (χ4v) is 1.31. The van der Waals surface area contributed by atoms with Crippen LogP contribution in [-0.2, 0) is 0 Å². The lowest BCUT2D eigenvalue weighted by atomic mass is 10.2. The summed E-state index contributed by atoms with van der Waals surface area (Å²) in [7, 11) is 0. The number of carbonyl (C=O) groups excluding carboxylic acids is 1. The van der Waals surface area contributed by atoms with E-state index >= 15 is 0 Å². The maximum atomic E-state index is 10.8. The molecule has 0 bridgehead atoms. The lowest BCUT2D eigenvalue weighted by Gasteiger charge is -1.96. The van der Waals surface area contributed by atoms with Crippen molar-refractivity contribution in [2.24, 2.45) is 0 Å². The van der Waals surface area contributed by atoms with Crippen molar-refractivity contribution >= 4 is 21.7 Å². The lowest BCUT2D eigenvalue weighted by molar-refractivity contribution is 0.101. The van der Waals surface area contributed by atoms with E-state index in [0.29, 0.717) is 0 Å². The molecule has 0 heterocycles. The zero-order valence-electron chi connectivity index (χ0n) is 7.01. The second-order valence-electron chi connectivity index (χ2n) is 2.04. The van der Waals surface area contributed by atoms with Crippen LogP contribution in [0, 0.1) is 0 Å². The van der Waals surface area contributed by atoms with Gasteiger partial charge in [0.05, 0.1) is 0 Å². The maximum Gasteiger partial charge on any atom is 0.160 e. The van der Waals surface area contributed by atoms with Gasteiger partial charge in [0.15, 0.2) is 5.78 Å². The van der Waals surface area contributed by atoms with E-state index in [0.717, 1.165) is 10.0 Å². The van der Waals surface area contributed by atoms with Crippen molar-refractivity contribution in [1.82, 2.24) is 0 Å². The summed E-state index contributed by atoms with van der Waals surface area (Å²) in [4.78, 5) is 10.8. The molecule has 0 aliphatic rings. The molecule has 1 nitrogen and oxygen atoms in total. The van der Waals surface area contributed by atoms with Crippen LogP contribution in [0.4, 0.5) is 0 Å². The molecule has 64 valence electrons. The highest BCUT2D eigenvalue weighted by atomic mass is 79.9. The van der Waals surface area contributed by atoms with E-state index in [9.17, 15) is 4.79 Å². The Bertz CT molecular complexity index is 268. The summed E-state index contributed by atoms with van der Waals surface area (Å²) in [5, 5.41) is 0. The van der Waals surface area contributed by atoms with Gasteiger partial charge in [-0.1, -0.05) is 34.1 Å². The topological polar surface area (TPSA) is 17.1 Å². The number of carbonyl (C=O) groups is 1. The molecule has 0 amide bonds. The van der Waals surface area contributed by atoms with Gasteiger partial charge >= 0.3 is 0 Å². The van der Waals surface area contributed by atoms with Gasteiger partial charge in [0.25, 0.3) is 0 Å². The predicted molar refractivity (Wildman–Crippen MR) is 55.4 cm³/mol. The molecule has 2 heteroatoms. The van der Waals surface area contributed by atoms with Crippen molar-refractivity contribution in [2.45, 2.75) is 6.92 Å². The summed E-state index contributed by atoms with van der Waals surface area (Å²) in [6.07, 6.45) is 0. The van der Waals surface area contributed by atoms with Gasteiger partial charge in [-0.3, -0.25) is 4.79 Å². The Kier molecular flexibility index (Phi) is 5.30. The van der Waals surface area contributed by atoms with Gasteiger partial charge < -0.3 is 0 Å². The van der Waals surface area contributed by atoms with E-state index in [1.807, 2.05) is 18.2 Å². The number of benzene rings is 1. The van der Waals surface area contributed by atoms with Gasteiger partial charge in [0.2, 0.25) is 0 Å². The van der Waals surface area contributed by atoms with Gasteiger partial charge in [-0.05, 0) is 13.0 Å². The number of rotatable bonds is 1. The standard InChI is InChI=1S/C8H7BrO.C2H4/c1-6(10)7-4-2-3-5-8(7)9;1-2/h2-5H,1H3;1-2H2. The minimum atomic E-state index is 0.0903. The van der Waals surface area contributed by atoms with Crippen LogP contribution in [0.25, 0.3) is 0 Å². The average molecular weight is 227 g/mol. The molecule has 0 saturated heterocycles. The minimum absolute atomic E-state index is 0.0903. The van der Waals surface area contributed by atoms with E-state index in [2.05, 4.69) is 29.1 Å². The van der Waals surface area contributed by atoms with Crippen molar-refractivity contribution in [2.75, 3.05) is 0 Å². The largest absolute Gasteiger partial charge is 0.294 e. The molecule has 1 aromatic rings. The van der Waals surface area contributed by atoms with Crippen LogP contribution < -0.4 is 0 Å². The molecule has 0 radical (unpaired) electrons. The molecule has 1 rings (SSSR count). The number of halogens is 1. The van der Waals surface area contributed by atoms with Crippen LogP contribution in [0.3, 0.4) is 0 Å². The molecule has 0 spiro atoms. The third-order valence-electron chi connectivity index (χ3n) is 1.25. The molecule has 0 unspecified atom stereocenters. The van der Waals surface area contributed by atoms with E-state index < -0.39 is 0 Å². The Labute approximate surface area is 81.2 Å². The molecule has 0 atom stereocenters. The third-order valence-corrected chi connectivity index (χ3v) is 1.94. The van der Waals surface area contributed by atoms with Crippen molar-refractivity contribution in [3.05, 3.63) is 47.5 Å². The van der Waals surface area contributed by atoms with Crippen LogP contribution in [0.5, 0.6) is 0 Å². The first-order valence-corrected chi connectivity index (χ1v) is 4.26. The number of hydrogen-bond acceptors (Lipinski definition) is 1. The van der Waals surface area contributed by atoms with Crippen LogP contribution in [0.15, 0.2) is 41.9 Å². The molecule has 0 fully saturated rings. The van der Waals surface area contributed by atoms with Crippen LogP contribution >= 0.6 is 15.9 Å². The molecule has 0 aromatic heterocycles. The highest BCUT2D eigenvalue weighted by Crippen LogP contribution is 2.15. The normalized spacial score (nSPS) is 8.17. The van der Waals surface area contributed by atoms with Gasteiger partial charge in [-0.2, -0.15) is 0 Å². The second kappa shape index (κ2) is 5.72. The summed E-state index contributed by atoms with van der Waals surface area (Å²) in [6.45, 7) is 7.56. The van der Waals surface area contributed by atoms with E-state index in [1.54, 1.807) is 13.0 Å². The first-order chi connectivity index (χ1) is 5.72. The fraction of sp³-hybridized carbons (Fsp3) is 0.100. The van der Waals surface area contributed by atoms with Gasteiger partial charge in [-0.25, -0.2) is 0 Å². The zero-order chi connectivity index (χ0) is 9.56. The van der Waals surface area contributed by atoms with E-state index in [4.69, 9.17) is 0 Å². The van der Waals surface area contributed by atoms with Crippen molar-refractivity contribution in [1.29, 1.82) is 0 Å². The van der Waals surface area contributed by atoms with E-state index in [1.165, 1.54) is 0 Å². The molecular weight excluding hydrogens is 216 g/mol. The fourth-order valence-electron chi connectivity index (χ4n) is 0.747.